The number of fused-ring (bicyclic) bond motifs is 3. The number of nitrogens with one attached hydrogen (secondary N) is 2. The first kappa shape index (κ1) is 36.9. The van der Waals surface area contributed by atoms with Gasteiger partial charge in [-0.1, -0.05) is 115 Å². The molecular weight excluding hydrogens is 693 g/mol. The van der Waals surface area contributed by atoms with E-state index in [1.807, 2.05) is 111 Å². The molecule has 10 nitrogen and oxygen atoms in total. The van der Waals surface area contributed by atoms with Gasteiger partial charge in [-0.05, 0) is 65.8 Å². The lowest BCUT2D eigenvalue weighted by atomic mass is 9.96. The fraction of sp³-hybridized carbons (Fsp3) is 0.244. The highest BCUT2D eigenvalue weighted by molar-refractivity contribution is 6.07. The summed E-state index contributed by atoms with van der Waals surface area (Å²) in [5.74, 6) is -0.710. The van der Waals surface area contributed by atoms with Gasteiger partial charge in [-0.15, -0.1) is 0 Å². The maximum Gasteiger partial charge on any atom is 0.410 e. The van der Waals surface area contributed by atoms with Crippen molar-refractivity contribution >= 4 is 35.8 Å². The molecule has 0 radical (unpaired) electrons. The van der Waals surface area contributed by atoms with E-state index in [1.54, 1.807) is 29.2 Å². The van der Waals surface area contributed by atoms with Crippen LogP contribution in [0.4, 0.5) is 21.0 Å². The number of aldehydes is 1. The number of anilines is 2. The average molecular weight is 737 g/mol. The summed E-state index contributed by atoms with van der Waals surface area (Å²) in [6.45, 7) is 7.21. The van der Waals surface area contributed by atoms with E-state index in [0.29, 0.717) is 54.2 Å². The molecule has 1 atom stereocenters. The fourth-order valence-electron chi connectivity index (χ4n) is 7.35. The van der Waals surface area contributed by atoms with Crippen molar-refractivity contribution in [2.24, 2.45) is 0 Å². The second-order valence-electron chi connectivity index (χ2n) is 14.7. The second kappa shape index (κ2) is 15.9. The number of hydrogen-bond acceptors (Lipinski definition) is 7. The normalized spacial score (nSPS) is 14.3. The molecule has 7 rings (SSSR count). The summed E-state index contributed by atoms with van der Waals surface area (Å²) in [5, 5.41) is 5.85. The molecule has 1 fully saturated rings. The molecule has 3 amide bonds. The third-order valence-corrected chi connectivity index (χ3v) is 9.95. The highest BCUT2D eigenvalue weighted by Crippen LogP contribution is 2.44. The summed E-state index contributed by atoms with van der Waals surface area (Å²) < 4.78 is 11.4. The summed E-state index contributed by atoms with van der Waals surface area (Å²) >= 11 is 0. The molecule has 10 heteroatoms. The molecule has 1 aliphatic heterocycles. The second-order valence-corrected chi connectivity index (χ2v) is 14.7. The van der Waals surface area contributed by atoms with Gasteiger partial charge in [0.25, 0.3) is 5.91 Å². The number of rotatable bonds is 9. The summed E-state index contributed by atoms with van der Waals surface area (Å²) in [6.07, 6.45) is -0.397. The van der Waals surface area contributed by atoms with Crippen molar-refractivity contribution in [2.45, 2.75) is 38.3 Å². The number of alkyl carbamates (subject to hydrolysis) is 1. The number of benzene rings is 5. The highest BCUT2D eigenvalue weighted by atomic mass is 16.6. The smallest absolute Gasteiger partial charge is 0.410 e. The lowest BCUT2D eigenvalue weighted by molar-refractivity contribution is -0.118. The van der Waals surface area contributed by atoms with Crippen LogP contribution in [0.25, 0.3) is 22.3 Å². The number of ether oxygens (including phenoxy) is 2. The van der Waals surface area contributed by atoms with E-state index in [2.05, 4.69) is 22.8 Å². The van der Waals surface area contributed by atoms with Crippen LogP contribution in [0.2, 0.25) is 0 Å². The molecule has 0 saturated carbocycles. The van der Waals surface area contributed by atoms with Gasteiger partial charge in [0.2, 0.25) is 0 Å². The number of piperazine rings is 1. The van der Waals surface area contributed by atoms with Crippen LogP contribution in [0.15, 0.2) is 121 Å². The van der Waals surface area contributed by atoms with Crippen LogP contribution in [-0.2, 0) is 14.3 Å². The molecule has 1 heterocycles. The zero-order chi connectivity index (χ0) is 38.5. The standard InChI is InChI=1S/C45H44N4O6/c1-45(2,3)55-44(53)49-26-24-48(25-27-49)39-23-22-32(30-14-6-4-7-15-30)37(28-50)41(39)46-42(51)40(31-16-8-5-9-17-31)47-43(52)54-29-38-35-20-12-10-18-33(35)34-19-11-13-21-36(34)38/h4-23,28,38,40H,24-27,29H2,1-3H3,(H,46,51)(H,47,52)/t40-/m0/s1. The Bertz CT molecular complexity index is 2150. The SMILES string of the molecule is CC(C)(C)OC(=O)N1CCN(c2ccc(-c3ccccc3)c(C=O)c2NC(=O)[C@@H](NC(=O)OCC2c3ccccc3-c3ccccc32)c2ccccc2)CC1. The van der Waals surface area contributed by atoms with Crippen LogP contribution in [0, 0.1) is 0 Å². The Labute approximate surface area is 321 Å². The van der Waals surface area contributed by atoms with Crippen molar-refractivity contribution < 1.29 is 28.7 Å². The molecule has 0 aromatic heterocycles. The van der Waals surface area contributed by atoms with Crippen LogP contribution in [0.3, 0.4) is 0 Å². The van der Waals surface area contributed by atoms with Gasteiger partial charge in [0.05, 0.1) is 11.4 Å². The Morgan fingerprint density at radius 2 is 1.33 bits per heavy atom. The van der Waals surface area contributed by atoms with E-state index in [1.165, 1.54) is 0 Å². The van der Waals surface area contributed by atoms with E-state index in [4.69, 9.17) is 9.47 Å². The summed E-state index contributed by atoms with van der Waals surface area (Å²) in [7, 11) is 0. The number of carbonyl (C=O) groups excluding carboxylic acids is 4. The van der Waals surface area contributed by atoms with Gasteiger partial charge < -0.3 is 29.9 Å². The van der Waals surface area contributed by atoms with Crippen molar-refractivity contribution in [3.05, 3.63) is 144 Å². The van der Waals surface area contributed by atoms with E-state index in [0.717, 1.165) is 34.1 Å². The number of nitrogens with zero attached hydrogens (tertiary/aromatic N) is 2. The lowest BCUT2D eigenvalue weighted by Gasteiger charge is -2.38. The minimum Gasteiger partial charge on any atom is -0.449 e. The van der Waals surface area contributed by atoms with Gasteiger partial charge in [-0.25, -0.2) is 9.59 Å². The monoisotopic (exact) mass is 736 g/mol. The van der Waals surface area contributed by atoms with E-state index in [-0.39, 0.29) is 12.5 Å². The Hall–Kier alpha value is -6.42. The third kappa shape index (κ3) is 8.08. The number of amides is 3. The van der Waals surface area contributed by atoms with Crippen LogP contribution in [0.1, 0.15) is 59.8 Å². The van der Waals surface area contributed by atoms with E-state index < -0.39 is 29.7 Å². The van der Waals surface area contributed by atoms with Crippen LogP contribution < -0.4 is 15.5 Å². The fourth-order valence-corrected chi connectivity index (χ4v) is 7.35. The lowest BCUT2D eigenvalue weighted by Crippen LogP contribution is -2.50. The van der Waals surface area contributed by atoms with Gasteiger partial charge in [0.15, 0.2) is 6.29 Å². The first-order valence-corrected chi connectivity index (χ1v) is 18.5. The van der Waals surface area contributed by atoms with E-state index >= 15 is 0 Å². The predicted octanol–water partition coefficient (Wildman–Crippen LogP) is 8.44. The molecule has 5 aromatic rings. The maximum absolute atomic E-state index is 14.5. The maximum atomic E-state index is 14.5. The third-order valence-electron chi connectivity index (χ3n) is 9.95. The van der Waals surface area contributed by atoms with Crippen molar-refractivity contribution in [2.75, 3.05) is 43.0 Å². The molecule has 2 aliphatic rings. The van der Waals surface area contributed by atoms with Crippen molar-refractivity contribution in [3.63, 3.8) is 0 Å². The molecule has 1 aliphatic carbocycles. The molecule has 0 bridgehead atoms. The first-order valence-electron chi connectivity index (χ1n) is 18.5. The van der Waals surface area contributed by atoms with Gasteiger partial charge in [-0.2, -0.15) is 0 Å². The topological polar surface area (TPSA) is 117 Å². The Morgan fingerprint density at radius 1 is 0.745 bits per heavy atom. The van der Waals surface area contributed by atoms with Crippen molar-refractivity contribution in [3.8, 4) is 22.3 Å². The molecular formula is C45H44N4O6. The largest absolute Gasteiger partial charge is 0.449 e. The van der Waals surface area contributed by atoms with Gasteiger partial charge in [0.1, 0.15) is 18.2 Å². The number of carbonyl (C=O) groups is 4. The van der Waals surface area contributed by atoms with Crippen molar-refractivity contribution in [1.82, 2.24) is 10.2 Å². The first-order chi connectivity index (χ1) is 26.6. The van der Waals surface area contributed by atoms with Crippen LogP contribution >= 0.6 is 0 Å². The zero-order valence-corrected chi connectivity index (χ0v) is 31.2. The Morgan fingerprint density at radius 3 is 1.93 bits per heavy atom. The molecule has 5 aromatic carbocycles. The average Bonchev–Trinajstić information content (AvgIpc) is 3.52. The minimum absolute atomic E-state index is 0.0802. The summed E-state index contributed by atoms with van der Waals surface area (Å²) in [5.41, 5.74) is 6.95. The molecule has 55 heavy (non-hydrogen) atoms. The summed E-state index contributed by atoms with van der Waals surface area (Å²) in [6, 6.07) is 37.1. The zero-order valence-electron chi connectivity index (χ0n) is 31.2. The minimum atomic E-state index is -1.16. The summed E-state index contributed by atoms with van der Waals surface area (Å²) in [4.78, 5) is 57.6. The molecule has 0 unspecified atom stereocenters. The molecule has 1 saturated heterocycles. The molecule has 2 N–H and O–H groups in total. The van der Waals surface area contributed by atoms with Crippen LogP contribution in [0.5, 0.6) is 0 Å². The Balaban J connectivity index is 1.15. The van der Waals surface area contributed by atoms with Crippen molar-refractivity contribution in [1.29, 1.82) is 0 Å². The number of hydrogen-bond donors (Lipinski definition) is 2. The van der Waals surface area contributed by atoms with Gasteiger partial charge in [0, 0.05) is 37.7 Å². The molecule has 280 valence electrons. The Kier molecular flexibility index (Phi) is 10.7. The van der Waals surface area contributed by atoms with Gasteiger partial charge >= 0.3 is 12.2 Å². The molecule has 0 spiro atoms. The quantitative estimate of drug-likeness (QED) is 0.146. The predicted molar refractivity (Wildman–Crippen MR) is 213 cm³/mol. The van der Waals surface area contributed by atoms with E-state index in [9.17, 15) is 19.2 Å². The van der Waals surface area contributed by atoms with Gasteiger partial charge in [-0.3, -0.25) is 9.59 Å². The van der Waals surface area contributed by atoms with Crippen LogP contribution in [-0.4, -0.2) is 67.7 Å². The highest BCUT2D eigenvalue weighted by Gasteiger charge is 2.32.